The third kappa shape index (κ3) is 4.59. The van der Waals surface area contributed by atoms with Gasteiger partial charge in [0.1, 0.15) is 12.2 Å². The summed E-state index contributed by atoms with van der Waals surface area (Å²) in [6.45, 7) is 3.52. The van der Waals surface area contributed by atoms with Gasteiger partial charge in [-0.25, -0.2) is 4.98 Å². The zero-order valence-corrected chi connectivity index (χ0v) is 24.7. The topological polar surface area (TPSA) is 95.7 Å². The van der Waals surface area contributed by atoms with Crippen LogP contribution in [0.5, 0.6) is 0 Å². The number of carbonyl (C=O) groups is 2. The van der Waals surface area contributed by atoms with Gasteiger partial charge in [0.2, 0.25) is 5.91 Å². The zero-order valence-electron chi connectivity index (χ0n) is 24.7. The molecule has 3 aliphatic carbocycles. The summed E-state index contributed by atoms with van der Waals surface area (Å²) in [5.74, 6) is 2.63. The highest BCUT2D eigenvalue weighted by Gasteiger charge is 2.53. The van der Waals surface area contributed by atoms with Crippen LogP contribution in [0.3, 0.4) is 0 Å². The molecule has 3 saturated carbocycles. The molecule has 8 unspecified atom stereocenters. The Hall–Kier alpha value is -2.48. The Labute approximate surface area is 242 Å². The summed E-state index contributed by atoms with van der Waals surface area (Å²) in [5.41, 5.74) is 0.201. The summed E-state index contributed by atoms with van der Waals surface area (Å²) in [7, 11) is 0. The lowest BCUT2D eigenvalue weighted by Gasteiger charge is -2.54. The van der Waals surface area contributed by atoms with Gasteiger partial charge in [0.15, 0.2) is 0 Å². The number of hydrogen-bond donors (Lipinski definition) is 1. The molecule has 0 radical (unpaired) electrons. The van der Waals surface area contributed by atoms with Crippen LogP contribution in [-0.4, -0.2) is 61.0 Å². The number of carbonyl (C=O) groups excluding carboxylic acids is 1. The maximum absolute atomic E-state index is 14.4. The molecule has 6 fully saturated rings. The van der Waals surface area contributed by atoms with Crippen LogP contribution in [0.25, 0.3) is 12.2 Å². The van der Waals surface area contributed by atoms with Gasteiger partial charge < -0.3 is 14.6 Å². The Morgan fingerprint density at radius 1 is 0.878 bits per heavy atom. The van der Waals surface area contributed by atoms with Gasteiger partial charge >= 0.3 is 5.97 Å². The predicted octanol–water partition coefficient (Wildman–Crippen LogP) is 3.37. The van der Waals surface area contributed by atoms with Gasteiger partial charge in [-0.2, -0.15) is 0 Å². The molecule has 3 aliphatic heterocycles. The van der Waals surface area contributed by atoms with Gasteiger partial charge in [-0.1, -0.05) is 18.6 Å². The fourth-order valence-electron chi connectivity index (χ4n) is 10.4. The van der Waals surface area contributed by atoms with E-state index in [2.05, 4.69) is 4.90 Å². The quantitative estimate of drug-likeness (QED) is 0.591. The van der Waals surface area contributed by atoms with Crippen molar-refractivity contribution >= 4 is 24.0 Å². The van der Waals surface area contributed by atoms with Crippen LogP contribution in [-0.2, 0) is 9.59 Å². The number of nitrogens with zero attached hydrogens (tertiary/aromatic N) is 4. The highest BCUT2D eigenvalue weighted by atomic mass is 16.4. The van der Waals surface area contributed by atoms with Gasteiger partial charge in [-0.15, -0.1) is 0 Å². The molecule has 1 amide bonds. The summed E-state index contributed by atoms with van der Waals surface area (Å²) in [4.78, 5) is 48.0. The Morgan fingerprint density at radius 2 is 1.63 bits per heavy atom. The van der Waals surface area contributed by atoms with Crippen molar-refractivity contribution in [2.24, 2.45) is 23.7 Å². The molecule has 1 N–H and O–H groups in total. The number of piperidine rings is 3. The summed E-state index contributed by atoms with van der Waals surface area (Å²) in [6, 6.07) is 1.21. The van der Waals surface area contributed by atoms with E-state index in [1.54, 1.807) is 0 Å². The maximum atomic E-state index is 14.4. The average Bonchev–Trinajstić information content (AvgIpc) is 3.16. The molecular weight excluding hydrogens is 516 g/mol. The van der Waals surface area contributed by atoms with Gasteiger partial charge in [0.05, 0.1) is 16.7 Å². The minimum absolute atomic E-state index is 0.0863. The van der Waals surface area contributed by atoms with E-state index in [-0.39, 0.29) is 17.5 Å². The third-order valence-corrected chi connectivity index (χ3v) is 12.0. The lowest BCUT2D eigenvalue weighted by Crippen LogP contribution is -2.60. The fourth-order valence-corrected chi connectivity index (χ4v) is 10.4. The van der Waals surface area contributed by atoms with E-state index in [1.807, 2.05) is 30.6 Å². The zero-order chi connectivity index (χ0) is 28.4. The summed E-state index contributed by atoms with van der Waals surface area (Å²) in [5, 5.41) is 11.2. The molecule has 8 atom stereocenters. The van der Waals surface area contributed by atoms with E-state index in [0.29, 0.717) is 43.1 Å². The van der Waals surface area contributed by atoms with E-state index in [1.165, 1.54) is 56.3 Å². The minimum atomic E-state index is -1.06. The molecule has 222 valence electrons. The summed E-state index contributed by atoms with van der Waals surface area (Å²) < 4.78 is 2.00. The van der Waals surface area contributed by atoms with Crippen molar-refractivity contribution in [3.8, 4) is 0 Å². The maximum Gasteiger partial charge on any atom is 0.323 e. The number of aromatic nitrogens is 2. The molecule has 4 bridgehead atoms. The van der Waals surface area contributed by atoms with Gasteiger partial charge in [0.25, 0.3) is 5.56 Å². The van der Waals surface area contributed by atoms with E-state index >= 15 is 0 Å². The van der Waals surface area contributed by atoms with Crippen molar-refractivity contribution in [2.45, 2.75) is 128 Å². The number of aliphatic carboxylic acids is 1. The average molecular weight is 563 g/mol. The number of carboxylic acid groups (broad SMARTS) is 1. The molecule has 1 aromatic rings. The molecule has 0 aromatic carbocycles. The molecule has 7 rings (SSSR count). The molecule has 8 heteroatoms. The SMILES string of the molecule is CC=c1nc(C2CCCC(=O)N2CC(=O)O)c(=O)n(C2CC3CCCC(C2)N3C2CC3CC4CC(C2)C4C3)c1=CC. The molecule has 0 spiro atoms. The first-order valence-corrected chi connectivity index (χ1v) is 16.4. The Morgan fingerprint density at radius 3 is 2.34 bits per heavy atom. The lowest BCUT2D eigenvalue weighted by molar-refractivity contribution is -0.148. The molecule has 1 aromatic heterocycles. The van der Waals surface area contributed by atoms with Crippen molar-refractivity contribution in [3.05, 3.63) is 26.7 Å². The molecule has 3 saturated heterocycles. The Balaban J connectivity index is 1.23. The van der Waals surface area contributed by atoms with Crippen molar-refractivity contribution in [1.29, 1.82) is 0 Å². The van der Waals surface area contributed by atoms with Crippen LogP contribution in [0.2, 0.25) is 0 Å². The minimum Gasteiger partial charge on any atom is -0.480 e. The van der Waals surface area contributed by atoms with Crippen LogP contribution in [0.1, 0.15) is 115 Å². The third-order valence-electron chi connectivity index (χ3n) is 12.0. The highest BCUT2D eigenvalue weighted by molar-refractivity contribution is 5.82. The Bertz CT molecular complexity index is 1380. The van der Waals surface area contributed by atoms with Gasteiger partial charge in [0, 0.05) is 30.6 Å². The van der Waals surface area contributed by atoms with Crippen LogP contribution in [0.4, 0.5) is 0 Å². The van der Waals surface area contributed by atoms with Crippen LogP contribution in [0, 0.1) is 23.7 Å². The monoisotopic (exact) mass is 562 g/mol. The number of carboxylic acids is 1. The largest absolute Gasteiger partial charge is 0.480 e. The molecule has 8 nitrogen and oxygen atoms in total. The van der Waals surface area contributed by atoms with Crippen molar-refractivity contribution in [2.75, 3.05) is 6.54 Å². The molecule has 6 aliphatic rings. The number of fused-ring (bicyclic) bond motifs is 3. The van der Waals surface area contributed by atoms with Crippen molar-refractivity contribution in [1.82, 2.24) is 19.4 Å². The van der Waals surface area contributed by atoms with E-state index < -0.39 is 18.6 Å². The van der Waals surface area contributed by atoms with Gasteiger partial charge in [-0.3, -0.25) is 19.3 Å². The second-order valence-electron chi connectivity index (χ2n) is 14.0. The lowest BCUT2D eigenvalue weighted by atomic mass is 9.64. The van der Waals surface area contributed by atoms with Crippen molar-refractivity contribution < 1.29 is 14.7 Å². The molecule has 41 heavy (non-hydrogen) atoms. The second kappa shape index (κ2) is 10.7. The van der Waals surface area contributed by atoms with Crippen LogP contribution in [0.15, 0.2) is 4.79 Å². The van der Waals surface area contributed by atoms with E-state index in [9.17, 15) is 19.5 Å². The van der Waals surface area contributed by atoms with E-state index in [0.717, 1.165) is 47.2 Å². The van der Waals surface area contributed by atoms with Gasteiger partial charge in [-0.05, 0) is 108 Å². The smallest absolute Gasteiger partial charge is 0.323 e. The van der Waals surface area contributed by atoms with E-state index in [4.69, 9.17) is 4.98 Å². The first kappa shape index (κ1) is 27.4. The highest BCUT2D eigenvalue weighted by Crippen LogP contribution is 2.59. The molecule has 4 heterocycles. The second-order valence-corrected chi connectivity index (χ2v) is 14.0. The van der Waals surface area contributed by atoms with Crippen molar-refractivity contribution in [3.63, 3.8) is 0 Å². The number of hydrogen-bond acceptors (Lipinski definition) is 5. The first-order valence-electron chi connectivity index (χ1n) is 16.4. The standard InChI is InChI=1S/C33H46N4O4/c1-3-27-28(4-2)37(33(41)32(34-27)29-9-6-10-30(38)35(29)18-31(39)40)25-16-22-7-5-8-23(17-25)36(22)24-12-19-11-20-14-21(15-24)26(20)13-19/h3-4,19-26,29H,5-18H2,1-2H3,(H,39,40). The Kier molecular flexibility index (Phi) is 7.11. The first-order chi connectivity index (χ1) is 19.9. The number of amides is 1. The number of rotatable bonds is 5. The van der Waals surface area contributed by atoms with Crippen LogP contribution < -0.4 is 16.3 Å². The van der Waals surface area contributed by atoms with Crippen LogP contribution >= 0.6 is 0 Å². The number of likely N-dealkylation sites (tertiary alicyclic amines) is 1. The fraction of sp³-hybridized carbons (Fsp3) is 0.758. The summed E-state index contributed by atoms with van der Waals surface area (Å²) in [6.07, 6.45) is 18.3. The normalized spacial score (nSPS) is 39.5. The molecular formula is C33H46N4O4. The predicted molar refractivity (Wildman–Crippen MR) is 156 cm³/mol. The summed E-state index contributed by atoms with van der Waals surface area (Å²) >= 11 is 0.